The Morgan fingerprint density at radius 2 is 1.76 bits per heavy atom. The van der Waals surface area contributed by atoms with Gasteiger partial charge in [-0.25, -0.2) is 4.39 Å². The Bertz CT molecular complexity index is 359. The lowest BCUT2D eigenvalue weighted by Gasteiger charge is -2.30. The van der Waals surface area contributed by atoms with Gasteiger partial charge < -0.3 is 5.73 Å². The summed E-state index contributed by atoms with van der Waals surface area (Å²) >= 11 is 1.65. The largest absolute Gasteiger partial charge is 0.329 e. The van der Waals surface area contributed by atoms with Gasteiger partial charge >= 0.3 is 0 Å². The molecule has 94 valence electrons. The van der Waals surface area contributed by atoms with E-state index in [4.69, 9.17) is 5.73 Å². The van der Waals surface area contributed by atoms with Crippen LogP contribution in [-0.4, -0.2) is 11.3 Å². The first-order chi connectivity index (χ1) is 8.26. The van der Waals surface area contributed by atoms with Gasteiger partial charge in [-0.1, -0.05) is 37.8 Å². The van der Waals surface area contributed by atoms with Crippen LogP contribution in [0, 0.1) is 5.82 Å². The third-order valence-corrected chi connectivity index (χ3v) is 5.11. The zero-order chi connectivity index (χ0) is 12.1. The van der Waals surface area contributed by atoms with E-state index in [1.54, 1.807) is 17.8 Å². The summed E-state index contributed by atoms with van der Waals surface area (Å²) in [5.74, 6) is -0.116. The van der Waals surface area contributed by atoms with Gasteiger partial charge in [0, 0.05) is 16.2 Å². The van der Waals surface area contributed by atoms with E-state index in [9.17, 15) is 4.39 Å². The lowest BCUT2D eigenvalue weighted by Crippen LogP contribution is -2.33. The van der Waals surface area contributed by atoms with Crippen LogP contribution >= 0.6 is 11.8 Å². The van der Waals surface area contributed by atoms with E-state index >= 15 is 0 Å². The second-order valence-corrected chi connectivity index (χ2v) is 6.34. The van der Waals surface area contributed by atoms with Crippen LogP contribution in [0.25, 0.3) is 0 Å². The summed E-state index contributed by atoms with van der Waals surface area (Å²) in [5, 5.41) is 0. The molecule has 1 aromatic rings. The van der Waals surface area contributed by atoms with E-state index < -0.39 is 0 Å². The molecule has 1 aliphatic carbocycles. The van der Waals surface area contributed by atoms with Crippen molar-refractivity contribution in [1.82, 2.24) is 0 Å². The molecule has 3 heteroatoms. The third kappa shape index (κ3) is 3.23. The fourth-order valence-electron chi connectivity index (χ4n) is 2.48. The van der Waals surface area contributed by atoms with Gasteiger partial charge in [0.25, 0.3) is 0 Å². The van der Waals surface area contributed by atoms with Crippen molar-refractivity contribution in [2.75, 3.05) is 6.54 Å². The van der Waals surface area contributed by atoms with Crippen molar-refractivity contribution in [2.45, 2.75) is 48.2 Å². The maximum atomic E-state index is 13.7. The molecule has 0 heterocycles. The first-order valence-corrected chi connectivity index (χ1v) is 7.21. The normalized spacial score (nSPS) is 19.9. The summed E-state index contributed by atoms with van der Waals surface area (Å²) in [7, 11) is 0. The van der Waals surface area contributed by atoms with Crippen LogP contribution in [0.15, 0.2) is 29.2 Å². The number of nitrogens with two attached hydrogens (primary N) is 1. The minimum absolute atomic E-state index is 0.0543. The molecular formula is C14H20FNS. The molecule has 0 bridgehead atoms. The Morgan fingerprint density at radius 1 is 1.12 bits per heavy atom. The molecule has 0 atom stereocenters. The van der Waals surface area contributed by atoms with E-state index in [0.717, 1.165) is 17.7 Å². The van der Waals surface area contributed by atoms with Crippen LogP contribution in [0.3, 0.4) is 0 Å². The molecule has 1 aliphatic rings. The summed E-state index contributed by atoms with van der Waals surface area (Å²) in [6, 6.07) is 7.03. The second kappa shape index (κ2) is 5.87. The highest BCUT2D eigenvalue weighted by Gasteiger charge is 2.31. The Hall–Kier alpha value is -0.540. The van der Waals surface area contributed by atoms with E-state index in [-0.39, 0.29) is 10.6 Å². The van der Waals surface area contributed by atoms with E-state index in [0.29, 0.717) is 6.54 Å². The molecule has 0 spiro atoms. The average molecular weight is 253 g/mol. The minimum Gasteiger partial charge on any atom is -0.329 e. The maximum Gasteiger partial charge on any atom is 0.136 e. The Labute approximate surface area is 107 Å². The Kier molecular flexibility index (Phi) is 4.46. The summed E-state index contributed by atoms with van der Waals surface area (Å²) in [6.07, 6.45) is 7.25. The van der Waals surface area contributed by atoms with Crippen molar-refractivity contribution >= 4 is 11.8 Å². The molecule has 0 aromatic heterocycles. The van der Waals surface area contributed by atoms with Crippen molar-refractivity contribution in [1.29, 1.82) is 0 Å². The highest BCUT2D eigenvalue weighted by atomic mass is 32.2. The number of rotatable bonds is 3. The van der Waals surface area contributed by atoms with Gasteiger partial charge in [-0.05, 0) is 25.0 Å². The molecule has 2 N–H and O–H groups in total. The molecule has 0 radical (unpaired) electrons. The standard InChI is InChI=1S/C14H20FNS/c15-12-7-3-4-8-13(12)17-14(11-16)9-5-1-2-6-10-14/h3-4,7-8H,1-2,5-6,9-11,16H2. The Balaban J connectivity index is 2.15. The molecular weight excluding hydrogens is 233 g/mol. The topological polar surface area (TPSA) is 26.0 Å². The highest BCUT2D eigenvalue weighted by molar-refractivity contribution is 8.00. The maximum absolute atomic E-state index is 13.7. The van der Waals surface area contributed by atoms with Crippen molar-refractivity contribution in [3.8, 4) is 0 Å². The van der Waals surface area contributed by atoms with Crippen molar-refractivity contribution in [3.63, 3.8) is 0 Å². The van der Waals surface area contributed by atoms with E-state index in [1.807, 2.05) is 12.1 Å². The van der Waals surface area contributed by atoms with Gasteiger partial charge in [-0.2, -0.15) is 0 Å². The molecule has 0 saturated heterocycles. The zero-order valence-corrected chi connectivity index (χ0v) is 10.9. The van der Waals surface area contributed by atoms with Gasteiger partial charge in [0.2, 0.25) is 0 Å². The van der Waals surface area contributed by atoms with Crippen LogP contribution in [0.2, 0.25) is 0 Å². The SMILES string of the molecule is NCC1(Sc2ccccc2F)CCCCCC1. The predicted octanol–water partition coefficient (Wildman–Crippen LogP) is 3.97. The fourth-order valence-corrected chi connectivity index (χ4v) is 3.84. The molecule has 1 fully saturated rings. The van der Waals surface area contributed by atoms with Gasteiger partial charge in [-0.15, -0.1) is 11.8 Å². The number of hydrogen-bond acceptors (Lipinski definition) is 2. The highest BCUT2D eigenvalue weighted by Crippen LogP contribution is 2.42. The van der Waals surface area contributed by atoms with Crippen LogP contribution in [0.4, 0.5) is 4.39 Å². The van der Waals surface area contributed by atoms with Gasteiger partial charge in [0.05, 0.1) is 0 Å². The van der Waals surface area contributed by atoms with E-state index in [2.05, 4.69) is 0 Å². The van der Waals surface area contributed by atoms with Crippen LogP contribution in [0.1, 0.15) is 38.5 Å². The lowest BCUT2D eigenvalue weighted by atomic mass is 9.99. The van der Waals surface area contributed by atoms with Gasteiger partial charge in [-0.3, -0.25) is 0 Å². The molecule has 2 rings (SSSR count). The van der Waals surface area contributed by atoms with E-state index in [1.165, 1.54) is 31.7 Å². The minimum atomic E-state index is -0.116. The summed E-state index contributed by atoms with van der Waals surface area (Å²) < 4.78 is 13.7. The van der Waals surface area contributed by atoms with Crippen molar-refractivity contribution < 1.29 is 4.39 Å². The first kappa shape index (κ1) is 12.9. The fraction of sp³-hybridized carbons (Fsp3) is 0.571. The quantitative estimate of drug-likeness (QED) is 0.825. The number of benzene rings is 1. The number of hydrogen-bond donors (Lipinski definition) is 1. The van der Waals surface area contributed by atoms with Gasteiger partial charge in [0.15, 0.2) is 0 Å². The molecule has 17 heavy (non-hydrogen) atoms. The van der Waals surface area contributed by atoms with Crippen molar-refractivity contribution in [2.24, 2.45) is 5.73 Å². The van der Waals surface area contributed by atoms with Crippen molar-refractivity contribution in [3.05, 3.63) is 30.1 Å². The smallest absolute Gasteiger partial charge is 0.136 e. The zero-order valence-electron chi connectivity index (χ0n) is 10.1. The molecule has 0 amide bonds. The van der Waals surface area contributed by atoms with Crippen LogP contribution in [-0.2, 0) is 0 Å². The molecule has 1 aromatic carbocycles. The summed E-state index contributed by atoms with van der Waals surface area (Å²) in [5.41, 5.74) is 5.96. The first-order valence-electron chi connectivity index (χ1n) is 6.39. The molecule has 1 nitrogen and oxygen atoms in total. The monoisotopic (exact) mass is 253 g/mol. The number of halogens is 1. The van der Waals surface area contributed by atoms with Crippen LogP contribution < -0.4 is 5.73 Å². The van der Waals surface area contributed by atoms with Crippen LogP contribution in [0.5, 0.6) is 0 Å². The molecule has 0 aliphatic heterocycles. The predicted molar refractivity (Wildman–Crippen MR) is 71.7 cm³/mol. The second-order valence-electron chi connectivity index (χ2n) is 4.83. The van der Waals surface area contributed by atoms with Gasteiger partial charge in [0.1, 0.15) is 5.82 Å². The summed E-state index contributed by atoms with van der Waals surface area (Å²) in [4.78, 5) is 0.750. The summed E-state index contributed by atoms with van der Waals surface area (Å²) in [6.45, 7) is 0.645. The average Bonchev–Trinajstić information content (AvgIpc) is 2.58. The third-order valence-electron chi connectivity index (χ3n) is 3.55. The molecule has 0 unspecified atom stereocenters. The lowest BCUT2D eigenvalue weighted by molar-refractivity contribution is 0.518. The Morgan fingerprint density at radius 3 is 2.35 bits per heavy atom. The molecule has 1 saturated carbocycles. The number of thioether (sulfide) groups is 1.